The van der Waals surface area contributed by atoms with Crippen molar-refractivity contribution in [2.45, 2.75) is 12.8 Å². The van der Waals surface area contributed by atoms with Crippen LogP contribution in [-0.2, 0) is 6.42 Å². The third-order valence-corrected chi connectivity index (χ3v) is 4.76. The molecule has 1 aromatic heterocycles. The summed E-state index contributed by atoms with van der Waals surface area (Å²) in [5.74, 6) is 0.375. The lowest BCUT2D eigenvalue weighted by Crippen LogP contribution is -2.15. The van der Waals surface area contributed by atoms with E-state index in [0.29, 0.717) is 21.6 Å². The summed E-state index contributed by atoms with van der Waals surface area (Å²) in [4.78, 5) is 9.93. The number of fused-ring (bicyclic) bond motifs is 1. The van der Waals surface area contributed by atoms with Crippen LogP contribution in [0.15, 0.2) is 47.5 Å². The molecule has 1 heterocycles. The molecule has 0 spiro atoms. The number of nitrogens with two attached hydrogens (primary N) is 2. The quantitative estimate of drug-likeness (QED) is 0.666. The zero-order valence-electron chi connectivity index (χ0n) is 11.8. The minimum Gasteiger partial charge on any atom is -0.383 e. The average Bonchev–Trinajstić information content (AvgIpc) is 2.88. The van der Waals surface area contributed by atoms with Gasteiger partial charge in [0, 0.05) is 5.56 Å². The van der Waals surface area contributed by atoms with Crippen LogP contribution < -0.4 is 11.5 Å². The number of hydrogen-bond donors (Lipinski definition) is 2. The molecule has 22 heavy (non-hydrogen) atoms. The van der Waals surface area contributed by atoms with Gasteiger partial charge in [0.15, 0.2) is 5.13 Å². The van der Waals surface area contributed by atoms with Crippen LogP contribution in [-0.4, -0.2) is 10.8 Å². The van der Waals surface area contributed by atoms with Crippen molar-refractivity contribution in [3.05, 3.63) is 63.7 Å². The lowest BCUT2D eigenvalue weighted by atomic mass is 9.98. The Morgan fingerprint density at radius 1 is 1.36 bits per heavy atom. The number of amidine groups is 1. The molecule has 1 aliphatic rings. The summed E-state index contributed by atoms with van der Waals surface area (Å²) in [7, 11) is 0. The molecule has 2 aromatic rings. The molecule has 0 atom stereocenters. The van der Waals surface area contributed by atoms with Crippen LogP contribution in [0, 0.1) is 0 Å². The van der Waals surface area contributed by atoms with E-state index >= 15 is 0 Å². The summed E-state index contributed by atoms with van der Waals surface area (Å²) in [6.45, 7) is 3.87. The topological polar surface area (TPSA) is 77.3 Å². The SMILES string of the molecule is C=CC1=C(N=C(N)c2ccccc2Cl)c2sc(N)nc2CC1. The second kappa shape index (κ2) is 5.94. The summed E-state index contributed by atoms with van der Waals surface area (Å²) in [5, 5.41) is 1.11. The van der Waals surface area contributed by atoms with Crippen LogP contribution in [0.4, 0.5) is 5.13 Å². The van der Waals surface area contributed by atoms with E-state index < -0.39 is 0 Å². The number of benzene rings is 1. The summed E-state index contributed by atoms with van der Waals surface area (Å²) in [5.41, 5.74) is 15.5. The highest BCUT2D eigenvalue weighted by Crippen LogP contribution is 2.37. The van der Waals surface area contributed by atoms with Crippen molar-refractivity contribution in [1.82, 2.24) is 4.98 Å². The van der Waals surface area contributed by atoms with Crippen LogP contribution in [0.2, 0.25) is 5.02 Å². The van der Waals surface area contributed by atoms with Crippen molar-refractivity contribution < 1.29 is 0 Å². The first kappa shape index (κ1) is 14.8. The molecule has 1 aliphatic carbocycles. The van der Waals surface area contributed by atoms with Crippen molar-refractivity contribution in [2.24, 2.45) is 10.7 Å². The van der Waals surface area contributed by atoms with Gasteiger partial charge < -0.3 is 11.5 Å². The highest BCUT2D eigenvalue weighted by Gasteiger charge is 2.22. The number of thiazole rings is 1. The van der Waals surface area contributed by atoms with Gasteiger partial charge >= 0.3 is 0 Å². The third-order valence-electron chi connectivity index (χ3n) is 3.49. The monoisotopic (exact) mass is 330 g/mol. The Labute approximate surface area is 137 Å². The zero-order chi connectivity index (χ0) is 15.7. The van der Waals surface area contributed by atoms with Crippen molar-refractivity contribution in [3.63, 3.8) is 0 Å². The maximum Gasteiger partial charge on any atom is 0.180 e. The fraction of sp³-hybridized carbons (Fsp3) is 0.125. The predicted octanol–water partition coefficient (Wildman–Crippen LogP) is 3.63. The average molecular weight is 331 g/mol. The number of rotatable bonds is 3. The van der Waals surface area contributed by atoms with Crippen molar-refractivity contribution in [2.75, 3.05) is 5.73 Å². The van der Waals surface area contributed by atoms with Crippen LogP contribution >= 0.6 is 22.9 Å². The van der Waals surface area contributed by atoms with Gasteiger partial charge in [-0.2, -0.15) is 0 Å². The standard InChI is InChI=1S/C16H15ClN4S/c1-2-9-7-8-12-14(22-16(19)20-12)13(9)21-15(18)10-5-3-4-6-11(10)17/h2-6H,1,7-8H2,(H2,18,21)(H2,19,20). The molecule has 0 saturated heterocycles. The second-order valence-corrected chi connectivity index (χ2v) is 6.32. The zero-order valence-corrected chi connectivity index (χ0v) is 13.4. The Kier molecular flexibility index (Phi) is 4.00. The van der Waals surface area contributed by atoms with Crippen LogP contribution in [0.1, 0.15) is 22.6 Å². The fourth-order valence-electron chi connectivity index (χ4n) is 2.41. The Morgan fingerprint density at radius 3 is 2.86 bits per heavy atom. The Hall–Kier alpha value is -2.11. The lowest BCUT2D eigenvalue weighted by molar-refractivity contribution is 0.908. The molecule has 4 nitrogen and oxygen atoms in total. The molecule has 3 rings (SSSR count). The van der Waals surface area contributed by atoms with E-state index in [2.05, 4.69) is 16.6 Å². The van der Waals surface area contributed by atoms with Gasteiger partial charge in [-0.1, -0.05) is 47.7 Å². The fourth-order valence-corrected chi connectivity index (χ4v) is 3.55. The van der Waals surface area contributed by atoms with Gasteiger partial charge in [-0.3, -0.25) is 0 Å². The molecule has 0 fully saturated rings. The maximum atomic E-state index is 6.18. The van der Waals surface area contributed by atoms with Gasteiger partial charge in [0.1, 0.15) is 5.84 Å². The highest BCUT2D eigenvalue weighted by atomic mass is 35.5. The number of aryl methyl sites for hydroxylation is 1. The number of halogens is 1. The summed E-state index contributed by atoms with van der Waals surface area (Å²) >= 11 is 7.61. The Morgan fingerprint density at radius 2 is 2.14 bits per heavy atom. The largest absolute Gasteiger partial charge is 0.383 e. The van der Waals surface area contributed by atoms with Gasteiger partial charge in [-0.25, -0.2) is 9.98 Å². The van der Waals surface area contributed by atoms with E-state index in [1.165, 1.54) is 11.3 Å². The number of nitrogens with zero attached hydrogens (tertiary/aromatic N) is 2. The number of nitrogen functional groups attached to an aromatic ring is 1. The van der Waals surface area contributed by atoms with Crippen molar-refractivity contribution in [1.29, 1.82) is 0 Å². The van der Waals surface area contributed by atoms with E-state index in [0.717, 1.165) is 34.7 Å². The molecule has 6 heteroatoms. The van der Waals surface area contributed by atoms with E-state index in [1.807, 2.05) is 24.3 Å². The van der Waals surface area contributed by atoms with Gasteiger partial charge in [0.2, 0.25) is 0 Å². The van der Waals surface area contributed by atoms with Crippen molar-refractivity contribution in [3.8, 4) is 0 Å². The molecular formula is C16H15ClN4S. The molecule has 0 amide bonds. The molecule has 0 saturated carbocycles. The predicted molar refractivity (Wildman–Crippen MR) is 94.1 cm³/mol. The minimum atomic E-state index is 0.375. The summed E-state index contributed by atoms with van der Waals surface area (Å²) in [6, 6.07) is 7.37. The number of aliphatic imine (C=N–C) groups is 1. The Balaban J connectivity index is 2.12. The normalized spacial score (nSPS) is 14.9. The smallest absolute Gasteiger partial charge is 0.180 e. The van der Waals surface area contributed by atoms with Gasteiger partial charge in [-0.15, -0.1) is 0 Å². The first-order valence-electron chi connectivity index (χ1n) is 6.80. The van der Waals surface area contributed by atoms with E-state index in [4.69, 9.17) is 23.1 Å². The number of allylic oxidation sites excluding steroid dienone is 2. The van der Waals surface area contributed by atoms with Gasteiger partial charge in [0.05, 0.1) is 21.3 Å². The lowest BCUT2D eigenvalue weighted by Gasteiger charge is -2.15. The number of hydrogen-bond acceptors (Lipinski definition) is 4. The van der Waals surface area contributed by atoms with E-state index in [-0.39, 0.29) is 0 Å². The van der Waals surface area contributed by atoms with E-state index in [1.54, 1.807) is 6.07 Å². The molecular weight excluding hydrogens is 316 g/mol. The molecule has 0 radical (unpaired) electrons. The van der Waals surface area contributed by atoms with E-state index in [9.17, 15) is 0 Å². The number of anilines is 1. The third kappa shape index (κ3) is 2.65. The van der Waals surface area contributed by atoms with Crippen LogP contribution in [0.3, 0.4) is 0 Å². The number of aromatic nitrogens is 1. The first-order valence-corrected chi connectivity index (χ1v) is 7.99. The highest BCUT2D eigenvalue weighted by molar-refractivity contribution is 7.16. The first-order chi connectivity index (χ1) is 10.6. The molecule has 0 bridgehead atoms. The maximum absolute atomic E-state index is 6.18. The molecule has 0 unspecified atom stereocenters. The minimum absolute atomic E-state index is 0.375. The molecule has 4 N–H and O–H groups in total. The van der Waals surface area contributed by atoms with Crippen molar-refractivity contribution >= 4 is 39.6 Å². The van der Waals surface area contributed by atoms with Gasteiger partial charge in [-0.05, 0) is 30.5 Å². The second-order valence-electron chi connectivity index (χ2n) is 4.88. The summed E-state index contributed by atoms with van der Waals surface area (Å²) in [6.07, 6.45) is 3.49. The summed E-state index contributed by atoms with van der Waals surface area (Å²) < 4.78 is 0. The van der Waals surface area contributed by atoms with Gasteiger partial charge in [0.25, 0.3) is 0 Å². The molecule has 112 valence electrons. The molecule has 1 aromatic carbocycles. The molecule has 0 aliphatic heterocycles. The van der Waals surface area contributed by atoms with Crippen LogP contribution in [0.25, 0.3) is 5.70 Å². The Bertz CT molecular complexity index is 804. The van der Waals surface area contributed by atoms with Crippen LogP contribution in [0.5, 0.6) is 0 Å².